The number of thioether (sulfide) groups is 1. The third kappa shape index (κ3) is 2.61. The number of nitrogens with one attached hydrogen (secondary N) is 1. The molecule has 0 atom stereocenters. The van der Waals surface area contributed by atoms with Gasteiger partial charge in [-0.1, -0.05) is 36.4 Å². The molecule has 1 aromatic heterocycles. The maximum absolute atomic E-state index is 12.8. The van der Waals surface area contributed by atoms with Crippen LogP contribution in [0.1, 0.15) is 27.2 Å². The second-order valence-corrected chi connectivity index (χ2v) is 6.77. The molecule has 5 heteroatoms. The fourth-order valence-corrected chi connectivity index (χ4v) is 3.93. The van der Waals surface area contributed by atoms with Crippen LogP contribution in [0.5, 0.6) is 0 Å². The number of hydrogen-bond acceptors (Lipinski definition) is 3. The molecule has 1 N–H and O–H groups in total. The van der Waals surface area contributed by atoms with Gasteiger partial charge in [0.05, 0.1) is 11.4 Å². The Balaban J connectivity index is 1.75. The van der Waals surface area contributed by atoms with Crippen LogP contribution >= 0.6 is 11.8 Å². The highest BCUT2D eigenvalue weighted by Gasteiger charge is 2.25. The van der Waals surface area contributed by atoms with Crippen molar-refractivity contribution in [2.75, 3.05) is 5.32 Å². The zero-order valence-corrected chi connectivity index (χ0v) is 14.1. The average Bonchev–Trinajstić information content (AvgIpc) is 3.19. The number of benzene rings is 2. The van der Waals surface area contributed by atoms with E-state index in [4.69, 9.17) is 5.10 Å². The molecule has 0 aliphatic carbocycles. The molecule has 4 rings (SSSR count). The molecular formula is C19H17N3OS. The molecule has 0 bridgehead atoms. The first-order valence-corrected chi connectivity index (χ1v) is 9.00. The molecule has 0 fully saturated rings. The third-order valence-electron chi connectivity index (χ3n) is 4.17. The molecule has 0 spiro atoms. The summed E-state index contributed by atoms with van der Waals surface area (Å²) in [6.45, 7) is 1.95. The Kier molecular flexibility index (Phi) is 3.86. The predicted octanol–water partition coefficient (Wildman–Crippen LogP) is 4.18. The predicted molar refractivity (Wildman–Crippen MR) is 97.7 cm³/mol. The molecule has 120 valence electrons. The Bertz CT molecular complexity index is 902. The summed E-state index contributed by atoms with van der Waals surface area (Å²) in [6, 6.07) is 17.5. The lowest BCUT2D eigenvalue weighted by atomic mass is 10.1. The third-order valence-corrected chi connectivity index (χ3v) is 5.14. The standard InChI is InChI=1S/C19H17N3OS/c1-13-7-5-6-10-15(13)19(23)20-18-16-11-24-12-17(16)21-22(18)14-8-3-2-4-9-14/h2-10H,11-12H2,1H3,(H,20,23). The van der Waals surface area contributed by atoms with Crippen molar-refractivity contribution in [3.8, 4) is 5.69 Å². The number of rotatable bonds is 3. The minimum absolute atomic E-state index is 0.0927. The molecule has 3 aromatic rings. The highest BCUT2D eigenvalue weighted by Crippen LogP contribution is 2.36. The summed E-state index contributed by atoms with van der Waals surface area (Å²) >= 11 is 1.83. The molecule has 4 nitrogen and oxygen atoms in total. The number of para-hydroxylation sites is 1. The van der Waals surface area contributed by atoms with E-state index in [1.807, 2.05) is 78.0 Å². The Morgan fingerprint density at radius 2 is 1.83 bits per heavy atom. The number of carbonyl (C=O) groups is 1. The molecule has 2 aromatic carbocycles. The van der Waals surface area contributed by atoms with Crippen LogP contribution in [-0.4, -0.2) is 15.7 Å². The SMILES string of the molecule is Cc1ccccc1C(=O)Nc1c2c(nn1-c1ccccc1)CSC2. The number of aromatic nitrogens is 2. The van der Waals surface area contributed by atoms with Crippen LogP contribution in [0.25, 0.3) is 5.69 Å². The summed E-state index contributed by atoms with van der Waals surface area (Å²) in [6.07, 6.45) is 0. The molecule has 0 saturated heterocycles. The lowest BCUT2D eigenvalue weighted by Gasteiger charge is -2.12. The zero-order chi connectivity index (χ0) is 16.5. The van der Waals surface area contributed by atoms with Crippen molar-refractivity contribution in [3.05, 3.63) is 77.0 Å². The Morgan fingerprint density at radius 1 is 1.08 bits per heavy atom. The molecule has 0 radical (unpaired) electrons. The maximum atomic E-state index is 12.8. The second kappa shape index (κ2) is 6.17. The minimum atomic E-state index is -0.0927. The maximum Gasteiger partial charge on any atom is 0.257 e. The summed E-state index contributed by atoms with van der Waals surface area (Å²) in [5.41, 5.74) is 4.80. The van der Waals surface area contributed by atoms with Gasteiger partial charge < -0.3 is 5.32 Å². The lowest BCUT2D eigenvalue weighted by Crippen LogP contribution is -2.17. The fraction of sp³-hybridized carbons (Fsp3) is 0.158. The van der Waals surface area contributed by atoms with Gasteiger partial charge >= 0.3 is 0 Å². The normalized spacial score (nSPS) is 12.9. The number of amides is 1. The van der Waals surface area contributed by atoms with Gasteiger partial charge in [0.1, 0.15) is 5.82 Å². The van der Waals surface area contributed by atoms with Crippen molar-refractivity contribution < 1.29 is 4.79 Å². The smallest absolute Gasteiger partial charge is 0.257 e. The number of aryl methyl sites for hydroxylation is 1. The first-order valence-electron chi connectivity index (χ1n) is 7.85. The summed E-state index contributed by atoms with van der Waals surface area (Å²) in [5, 5.41) is 7.81. The van der Waals surface area contributed by atoms with E-state index < -0.39 is 0 Å². The van der Waals surface area contributed by atoms with Gasteiger partial charge in [0.2, 0.25) is 0 Å². The van der Waals surface area contributed by atoms with Gasteiger partial charge in [-0.05, 0) is 30.7 Å². The van der Waals surface area contributed by atoms with E-state index in [1.165, 1.54) is 0 Å². The summed E-state index contributed by atoms with van der Waals surface area (Å²) in [5.74, 6) is 2.47. The summed E-state index contributed by atoms with van der Waals surface area (Å²) in [7, 11) is 0. The molecule has 24 heavy (non-hydrogen) atoms. The van der Waals surface area contributed by atoms with E-state index in [0.29, 0.717) is 5.56 Å². The van der Waals surface area contributed by atoms with Crippen LogP contribution in [0.2, 0.25) is 0 Å². The summed E-state index contributed by atoms with van der Waals surface area (Å²) in [4.78, 5) is 12.8. The van der Waals surface area contributed by atoms with Crippen LogP contribution in [0.3, 0.4) is 0 Å². The molecule has 1 amide bonds. The van der Waals surface area contributed by atoms with Crippen molar-refractivity contribution in [2.45, 2.75) is 18.4 Å². The Labute approximate surface area is 144 Å². The van der Waals surface area contributed by atoms with Gasteiger partial charge in [0.25, 0.3) is 5.91 Å². The van der Waals surface area contributed by atoms with Crippen LogP contribution in [-0.2, 0) is 11.5 Å². The van der Waals surface area contributed by atoms with E-state index in [9.17, 15) is 4.79 Å². The molecule has 1 aliphatic heterocycles. The van der Waals surface area contributed by atoms with E-state index in [1.54, 1.807) is 0 Å². The molecule has 2 heterocycles. The summed E-state index contributed by atoms with van der Waals surface area (Å²) < 4.78 is 1.85. The first-order chi connectivity index (χ1) is 11.7. The van der Waals surface area contributed by atoms with Gasteiger partial charge in [-0.2, -0.15) is 16.9 Å². The first kappa shape index (κ1) is 15.0. The van der Waals surface area contributed by atoms with Gasteiger partial charge in [0, 0.05) is 22.6 Å². The Hall–Kier alpha value is -2.53. The fourth-order valence-electron chi connectivity index (χ4n) is 2.90. The minimum Gasteiger partial charge on any atom is -0.306 e. The second-order valence-electron chi connectivity index (χ2n) is 5.78. The van der Waals surface area contributed by atoms with E-state index >= 15 is 0 Å². The van der Waals surface area contributed by atoms with Crippen molar-refractivity contribution >= 4 is 23.5 Å². The number of nitrogens with zero attached hydrogens (tertiary/aromatic N) is 2. The van der Waals surface area contributed by atoms with Crippen LogP contribution in [0, 0.1) is 6.92 Å². The molecule has 0 unspecified atom stereocenters. The largest absolute Gasteiger partial charge is 0.306 e. The van der Waals surface area contributed by atoms with E-state index in [2.05, 4.69) is 5.32 Å². The van der Waals surface area contributed by atoms with Crippen LogP contribution < -0.4 is 5.32 Å². The van der Waals surface area contributed by atoms with E-state index in [-0.39, 0.29) is 5.91 Å². The highest BCUT2D eigenvalue weighted by atomic mass is 32.2. The zero-order valence-electron chi connectivity index (χ0n) is 13.3. The van der Waals surface area contributed by atoms with Crippen molar-refractivity contribution in [3.63, 3.8) is 0 Å². The van der Waals surface area contributed by atoms with Gasteiger partial charge in [-0.25, -0.2) is 4.68 Å². The molecule has 0 saturated carbocycles. The number of carbonyl (C=O) groups excluding carboxylic acids is 1. The highest BCUT2D eigenvalue weighted by molar-refractivity contribution is 7.98. The van der Waals surface area contributed by atoms with Crippen molar-refractivity contribution in [1.82, 2.24) is 9.78 Å². The van der Waals surface area contributed by atoms with Gasteiger partial charge in [0.15, 0.2) is 0 Å². The van der Waals surface area contributed by atoms with E-state index in [0.717, 1.165) is 39.8 Å². The quantitative estimate of drug-likeness (QED) is 0.781. The van der Waals surface area contributed by atoms with Crippen molar-refractivity contribution in [1.29, 1.82) is 0 Å². The van der Waals surface area contributed by atoms with Gasteiger partial charge in [-0.15, -0.1) is 0 Å². The van der Waals surface area contributed by atoms with Crippen molar-refractivity contribution in [2.24, 2.45) is 0 Å². The van der Waals surface area contributed by atoms with Crippen LogP contribution in [0.4, 0.5) is 5.82 Å². The number of fused-ring (bicyclic) bond motifs is 1. The topological polar surface area (TPSA) is 46.9 Å². The van der Waals surface area contributed by atoms with Gasteiger partial charge in [-0.3, -0.25) is 4.79 Å². The Morgan fingerprint density at radius 3 is 2.62 bits per heavy atom. The molecule has 1 aliphatic rings. The lowest BCUT2D eigenvalue weighted by molar-refractivity contribution is 0.102. The number of anilines is 1. The monoisotopic (exact) mass is 335 g/mol. The average molecular weight is 335 g/mol. The number of hydrogen-bond donors (Lipinski definition) is 1. The van der Waals surface area contributed by atoms with Crippen LogP contribution in [0.15, 0.2) is 54.6 Å². The molecular weight excluding hydrogens is 318 g/mol.